The quantitative estimate of drug-likeness (QED) is 0.679. The molecule has 0 bridgehead atoms. The predicted molar refractivity (Wildman–Crippen MR) is 81.1 cm³/mol. The Hall–Kier alpha value is -0.600. The molecule has 0 saturated heterocycles. The Morgan fingerprint density at radius 2 is 2.05 bits per heavy atom. The Labute approximate surface area is 121 Å². The third kappa shape index (κ3) is 5.12. The lowest BCUT2D eigenvalue weighted by molar-refractivity contribution is 0.365. The highest BCUT2D eigenvalue weighted by Gasteiger charge is 2.18. The highest BCUT2D eigenvalue weighted by atomic mass is 35.5. The number of halogens is 2. The van der Waals surface area contributed by atoms with Gasteiger partial charge in [-0.15, -0.1) is 0 Å². The summed E-state index contributed by atoms with van der Waals surface area (Å²) in [4.78, 5) is 0. The summed E-state index contributed by atoms with van der Waals surface area (Å²) in [5.74, 6) is 0.417. The van der Waals surface area contributed by atoms with E-state index in [2.05, 4.69) is 19.2 Å². The fourth-order valence-electron chi connectivity index (χ4n) is 2.50. The van der Waals surface area contributed by atoms with Crippen molar-refractivity contribution >= 4 is 11.6 Å². The summed E-state index contributed by atoms with van der Waals surface area (Å²) >= 11 is 6.15. The third-order valence-corrected chi connectivity index (χ3v) is 4.13. The lowest BCUT2D eigenvalue weighted by Crippen LogP contribution is -2.20. The van der Waals surface area contributed by atoms with Crippen molar-refractivity contribution in [3.05, 3.63) is 34.6 Å². The van der Waals surface area contributed by atoms with Crippen LogP contribution in [0.4, 0.5) is 4.39 Å². The molecule has 0 spiro atoms. The molecule has 2 atom stereocenters. The highest BCUT2D eigenvalue weighted by Crippen LogP contribution is 2.30. The molecule has 1 aromatic carbocycles. The number of hydrogen-bond donors (Lipinski definition) is 1. The molecule has 0 aliphatic carbocycles. The fourth-order valence-corrected chi connectivity index (χ4v) is 2.80. The van der Waals surface area contributed by atoms with E-state index in [-0.39, 0.29) is 11.9 Å². The first kappa shape index (κ1) is 16.5. The molecule has 1 N–H and O–H groups in total. The second kappa shape index (κ2) is 8.55. The van der Waals surface area contributed by atoms with Gasteiger partial charge in [0.25, 0.3) is 0 Å². The molecule has 0 aliphatic heterocycles. The van der Waals surface area contributed by atoms with Crippen molar-refractivity contribution in [1.82, 2.24) is 5.32 Å². The Kier molecular flexibility index (Phi) is 7.40. The van der Waals surface area contributed by atoms with Gasteiger partial charge in [0.05, 0.1) is 0 Å². The molecular formula is C16H25ClFN. The highest BCUT2D eigenvalue weighted by molar-refractivity contribution is 6.31. The Bertz CT molecular complexity index is 381. The van der Waals surface area contributed by atoms with Crippen molar-refractivity contribution in [1.29, 1.82) is 0 Å². The minimum Gasteiger partial charge on any atom is -0.313 e. The van der Waals surface area contributed by atoms with Crippen molar-refractivity contribution in [2.75, 3.05) is 7.05 Å². The van der Waals surface area contributed by atoms with Crippen molar-refractivity contribution in [2.24, 2.45) is 5.92 Å². The first-order valence-corrected chi connectivity index (χ1v) is 7.62. The molecule has 19 heavy (non-hydrogen) atoms. The van der Waals surface area contributed by atoms with Crippen molar-refractivity contribution in [2.45, 2.75) is 52.0 Å². The zero-order valence-corrected chi connectivity index (χ0v) is 12.9. The maximum atomic E-state index is 13.1. The largest absolute Gasteiger partial charge is 0.313 e. The SMILES string of the molecule is CCCCC(CC)CC(NC)c1ccc(F)cc1Cl. The number of benzene rings is 1. The molecule has 3 heteroatoms. The van der Waals surface area contributed by atoms with E-state index in [0.717, 1.165) is 12.0 Å². The molecule has 1 nitrogen and oxygen atoms in total. The average Bonchev–Trinajstić information content (AvgIpc) is 2.40. The lowest BCUT2D eigenvalue weighted by atomic mass is 9.89. The Balaban J connectivity index is 2.76. The van der Waals surface area contributed by atoms with E-state index in [4.69, 9.17) is 11.6 Å². The van der Waals surface area contributed by atoms with Crippen molar-refractivity contribution in [3.63, 3.8) is 0 Å². The van der Waals surface area contributed by atoms with Crippen LogP contribution in [0.3, 0.4) is 0 Å². The van der Waals surface area contributed by atoms with Gasteiger partial charge >= 0.3 is 0 Å². The van der Waals surface area contributed by atoms with E-state index in [1.54, 1.807) is 6.07 Å². The van der Waals surface area contributed by atoms with E-state index in [1.807, 2.05) is 7.05 Å². The monoisotopic (exact) mass is 285 g/mol. The van der Waals surface area contributed by atoms with Gasteiger partial charge in [-0.1, -0.05) is 57.2 Å². The minimum atomic E-state index is -0.276. The summed E-state index contributed by atoms with van der Waals surface area (Å²) in [6.07, 6.45) is 5.99. The van der Waals surface area contributed by atoms with Crippen LogP contribution in [0.1, 0.15) is 57.6 Å². The standard InChI is InChI=1S/C16H25ClFN/c1-4-6-7-12(5-2)10-16(19-3)14-9-8-13(18)11-15(14)17/h8-9,11-12,16,19H,4-7,10H2,1-3H3. The smallest absolute Gasteiger partial charge is 0.124 e. The first-order valence-electron chi connectivity index (χ1n) is 7.24. The number of rotatable bonds is 8. The second-order valence-corrected chi connectivity index (χ2v) is 5.57. The molecule has 0 fully saturated rings. The van der Waals surface area contributed by atoms with Crippen LogP contribution in [0.15, 0.2) is 18.2 Å². The molecule has 0 heterocycles. The minimum absolute atomic E-state index is 0.204. The molecule has 0 aliphatic rings. The van der Waals surface area contributed by atoms with Crippen LogP contribution in [-0.2, 0) is 0 Å². The van der Waals surface area contributed by atoms with Crippen LogP contribution < -0.4 is 5.32 Å². The van der Waals surface area contributed by atoms with E-state index in [9.17, 15) is 4.39 Å². The molecular weight excluding hydrogens is 261 g/mol. The molecule has 0 radical (unpaired) electrons. The molecule has 108 valence electrons. The molecule has 2 unspecified atom stereocenters. The fraction of sp³-hybridized carbons (Fsp3) is 0.625. The normalized spacial score (nSPS) is 14.4. The molecule has 1 rings (SSSR count). The number of nitrogens with one attached hydrogen (secondary N) is 1. The van der Waals surface area contributed by atoms with Crippen LogP contribution in [0.5, 0.6) is 0 Å². The predicted octanol–water partition coefficient (Wildman–Crippen LogP) is 5.35. The van der Waals surface area contributed by atoms with E-state index < -0.39 is 0 Å². The molecule has 0 saturated carbocycles. The van der Waals surface area contributed by atoms with Crippen LogP contribution in [-0.4, -0.2) is 7.05 Å². The zero-order valence-electron chi connectivity index (χ0n) is 12.2. The van der Waals surface area contributed by atoms with E-state index >= 15 is 0 Å². The summed E-state index contributed by atoms with van der Waals surface area (Å²) in [5.41, 5.74) is 1.00. The molecule has 0 amide bonds. The maximum Gasteiger partial charge on any atom is 0.124 e. The van der Waals surface area contributed by atoms with Gasteiger partial charge in [0.1, 0.15) is 5.82 Å². The molecule has 1 aromatic rings. The first-order chi connectivity index (χ1) is 9.12. The van der Waals surface area contributed by atoms with Gasteiger partial charge in [-0.05, 0) is 37.1 Å². The average molecular weight is 286 g/mol. The van der Waals surface area contributed by atoms with Crippen molar-refractivity contribution in [3.8, 4) is 0 Å². The van der Waals surface area contributed by atoms with Gasteiger partial charge in [0.2, 0.25) is 0 Å². The maximum absolute atomic E-state index is 13.1. The summed E-state index contributed by atoms with van der Waals surface area (Å²) in [5, 5.41) is 3.83. The summed E-state index contributed by atoms with van der Waals surface area (Å²) in [6, 6.07) is 4.88. The van der Waals surface area contributed by atoms with Crippen LogP contribution in [0.25, 0.3) is 0 Å². The van der Waals surface area contributed by atoms with Gasteiger partial charge in [-0.3, -0.25) is 0 Å². The number of unbranched alkanes of at least 4 members (excludes halogenated alkanes) is 1. The van der Waals surface area contributed by atoms with Gasteiger partial charge < -0.3 is 5.32 Å². The summed E-state index contributed by atoms with van der Waals surface area (Å²) < 4.78 is 13.1. The van der Waals surface area contributed by atoms with Crippen LogP contribution in [0, 0.1) is 11.7 Å². The topological polar surface area (TPSA) is 12.0 Å². The van der Waals surface area contributed by atoms with Crippen LogP contribution in [0.2, 0.25) is 5.02 Å². The summed E-state index contributed by atoms with van der Waals surface area (Å²) in [7, 11) is 1.94. The lowest BCUT2D eigenvalue weighted by Gasteiger charge is -2.23. The zero-order chi connectivity index (χ0) is 14.3. The van der Waals surface area contributed by atoms with Gasteiger partial charge in [-0.2, -0.15) is 0 Å². The van der Waals surface area contributed by atoms with Gasteiger partial charge in [-0.25, -0.2) is 4.39 Å². The van der Waals surface area contributed by atoms with Crippen LogP contribution >= 0.6 is 11.6 Å². The summed E-state index contributed by atoms with van der Waals surface area (Å²) in [6.45, 7) is 4.46. The van der Waals surface area contributed by atoms with Gasteiger partial charge in [0.15, 0.2) is 0 Å². The number of hydrogen-bond acceptors (Lipinski definition) is 1. The Morgan fingerprint density at radius 3 is 2.58 bits per heavy atom. The second-order valence-electron chi connectivity index (χ2n) is 5.16. The Morgan fingerprint density at radius 1 is 1.32 bits per heavy atom. The molecule has 0 aromatic heterocycles. The van der Waals surface area contributed by atoms with E-state index in [0.29, 0.717) is 10.9 Å². The van der Waals surface area contributed by atoms with Gasteiger partial charge in [0, 0.05) is 11.1 Å². The van der Waals surface area contributed by atoms with Crippen molar-refractivity contribution < 1.29 is 4.39 Å². The van der Waals surface area contributed by atoms with E-state index in [1.165, 1.54) is 37.8 Å². The third-order valence-electron chi connectivity index (χ3n) is 3.80.